The second kappa shape index (κ2) is 10.1. The molecular weight excluding hydrogens is 520 g/mol. The molecule has 0 radical (unpaired) electrons. The number of allylic oxidation sites excluding steroid dienone is 2. The van der Waals surface area contributed by atoms with Crippen molar-refractivity contribution in [1.29, 1.82) is 0 Å². The molecule has 5 heteroatoms. The van der Waals surface area contributed by atoms with Crippen LogP contribution in [0.4, 0.5) is 5.69 Å². The number of rotatable bonds is 5. The van der Waals surface area contributed by atoms with Gasteiger partial charge in [0.25, 0.3) is 5.91 Å². The Labute approximate surface area is 251 Å². The summed E-state index contributed by atoms with van der Waals surface area (Å²) in [7, 11) is 1.89. The molecule has 222 valence electrons. The van der Waals surface area contributed by atoms with Crippen molar-refractivity contribution in [2.75, 3.05) is 12.0 Å². The highest BCUT2D eigenvalue weighted by atomic mass is 16.6. The van der Waals surface area contributed by atoms with Gasteiger partial charge < -0.3 is 19.7 Å². The number of amides is 1. The molecule has 7 rings (SSSR count). The number of nitrogens with one attached hydrogen (secondary N) is 1. The van der Waals surface area contributed by atoms with Crippen LogP contribution in [0.3, 0.4) is 0 Å². The van der Waals surface area contributed by atoms with Crippen molar-refractivity contribution in [1.82, 2.24) is 5.32 Å². The number of nitrogens with zero attached hydrogens (tertiary/aromatic N) is 1. The normalized spacial score (nSPS) is 33.1. The van der Waals surface area contributed by atoms with Gasteiger partial charge in [0.05, 0.1) is 23.3 Å². The Morgan fingerprint density at radius 3 is 2.60 bits per heavy atom. The van der Waals surface area contributed by atoms with E-state index in [4.69, 9.17) is 9.47 Å². The highest BCUT2D eigenvalue weighted by Gasteiger charge is 2.58. The summed E-state index contributed by atoms with van der Waals surface area (Å²) in [5.41, 5.74) is 9.24. The van der Waals surface area contributed by atoms with Crippen LogP contribution in [0, 0.1) is 30.6 Å². The van der Waals surface area contributed by atoms with Gasteiger partial charge in [0, 0.05) is 25.3 Å². The van der Waals surface area contributed by atoms with Gasteiger partial charge in [-0.3, -0.25) is 4.79 Å². The number of ether oxygens (including phenoxy) is 2. The summed E-state index contributed by atoms with van der Waals surface area (Å²) in [6.45, 7) is 14.5. The van der Waals surface area contributed by atoms with Gasteiger partial charge in [-0.15, -0.1) is 0 Å². The third-order valence-electron chi connectivity index (χ3n) is 11.7. The summed E-state index contributed by atoms with van der Waals surface area (Å²) in [6.07, 6.45) is 11.7. The number of methoxy groups -OCH3 is 1. The molecule has 5 nitrogen and oxygen atoms in total. The lowest BCUT2D eigenvalue weighted by Gasteiger charge is -2.57. The van der Waals surface area contributed by atoms with Crippen LogP contribution in [-0.4, -0.2) is 37.0 Å². The monoisotopic (exact) mass is 566 g/mol. The molecule has 4 heterocycles. The van der Waals surface area contributed by atoms with E-state index in [1.807, 2.05) is 7.11 Å². The first-order valence-electron chi connectivity index (χ1n) is 16.1. The van der Waals surface area contributed by atoms with Crippen LogP contribution < -0.4 is 10.2 Å². The fourth-order valence-electron chi connectivity index (χ4n) is 9.25. The van der Waals surface area contributed by atoms with E-state index in [1.165, 1.54) is 39.1 Å². The van der Waals surface area contributed by atoms with Gasteiger partial charge in [-0.05, 0) is 83.7 Å². The smallest absolute Gasteiger partial charge is 0.252 e. The number of fused-ring (bicyclic) bond motifs is 8. The summed E-state index contributed by atoms with van der Waals surface area (Å²) >= 11 is 0. The number of benzene rings is 2. The maximum absolute atomic E-state index is 13.7. The van der Waals surface area contributed by atoms with Crippen LogP contribution in [0.25, 0.3) is 11.1 Å². The summed E-state index contributed by atoms with van der Waals surface area (Å²) in [4.78, 5) is 16.3. The first kappa shape index (κ1) is 27.9. The second-order valence-electron chi connectivity index (χ2n) is 13.9. The van der Waals surface area contributed by atoms with Gasteiger partial charge >= 0.3 is 0 Å². The molecule has 2 aromatic carbocycles. The van der Waals surface area contributed by atoms with Crippen molar-refractivity contribution in [2.24, 2.45) is 23.7 Å². The Kier molecular flexibility index (Phi) is 6.71. The number of carbonyl (C=O) groups excluding carboxylic acids is 1. The molecule has 1 N–H and O–H groups in total. The van der Waals surface area contributed by atoms with E-state index >= 15 is 0 Å². The largest absolute Gasteiger partial charge is 0.378 e. The molecule has 5 aliphatic rings. The van der Waals surface area contributed by atoms with Gasteiger partial charge in [-0.1, -0.05) is 82.7 Å². The van der Waals surface area contributed by atoms with E-state index in [2.05, 4.69) is 100 Å². The lowest BCUT2D eigenvalue weighted by atomic mass is 9.66. The maximum atomic E-state index is 13.7. The van der Waals surface area contributed by atoms with Crippen LogP contribution in [0.5, 0.6) is 0 Å². The van der Waals surface area contributed by atoms with Gasteiger partial charge in [-0.2, -0.15) is 0 Å². The molecule has 1 fully saturated rings. The fourth-order valence-corrected chi connectivity index (χ4v) is 9.25. The van der Waals surface area contributed by atoms with Crippen LogP contribution in [-0.2, 0) is 22.4 Å². The summed E-state index contributed by atoms with van der Waals surface area (Å²) in [6, 6.07) is 8.82. The minimum atomic E-state index is -0.444. The molecule has 0 saturated carbocycles. The summed E-state index contributed by atoms with van der Waals surface area (Å²) in [5.74, 6) is 1.86. The van der Waals surface area contributed by atoms with Crippen LogP contribution >= 0.6 is 0 Å². The van der Waals surface area contributed by atoms with Crippen molar-refractivity contribution in [3.8, 4) is 11.1 Å². The lowest BCUT2D eigenvalue weighted by molar-refractivity contribution is -0.245. The lowest BCUT2D eigenvalue weighted by Crippen LogP contribution is -2.64. The molecule has 1 aliphatic carbocycles. The summed E-state index contributed by atoms with van der Waals surface area (Å²) in [5, 5.41) is 3.24. The molecule has 1 saturated heterocycles. The highest BCUT2D eigenvalue weighted by Crippen LogP contribution is 2.58. The fraction of sp³-hybridized carbons (Fsp3) is 0.541. The first-order chi connectivity index (χ1) is 20.2. The molecule has 8 unspecified atom stereocenters. The van der Waals surface area contributed by atoms with Gasteiger partial charge in [-0.25, -0.2) is 0 Å². The van der Waals surface area contributed by atoms with Gasteiger partial charge in [0.2, 0.25) is 0 Å². The molecule has 8 atom stereocenters. The second-order valence-corrected chi connectivity index (χ2v) is 13.9. The van der Waals surface area contributed by atoms with Gasteiger partial charge in [0.1, 0.15) is 6.23 Å². The van der Waals surface area contributed by atoms with E-state index in [1.54, 1.807) is 0 Å². The summed E-state index contributed by atoms with van der Waals surface area (Å²) < 4.78 is 13.9. The average molecular weight is 567 g/mol. The molecule has 0 aromatic heterocycles. The molecule has 2 aromatic rings. The maximum Gasteiger partial charge on any atom is 0.252 e. The van der Waals surface area contributed by atoms with Crippen molar-refractivity contribution < 1.29 is 14.3 Å². The zero-order chi connectivity index (χ0) is 29.5. The van der Waals surface area contributed by atoms with Crippen molar-refractivity contribution in [3.63, 3.8) is 0 Å². The Balaban J connectivity index is 1.56. The molecule has 4 aliphatic heterocycles. The van der Waals surface area contributed by atoms with E-state index < -0.39 is 5.60 Å². The van der Waals surface area contributed by atoms with Gasteiger partial charge in [0.15, 0.2) is 0 Å². The predicted octanol–water partition coefficient (Wildman–Crippen LogP) is 7.31. The molecule has 1 amide bonds. The SMILES string of the molecule is CCC1Cc2c(-c3ccccc3C)c3c(c4c2N(C2CC(C(C)C(C)C)C(OC)C1(C)O2)C1C=CC=CC41)C(=O)NC3. The Hall–Kier alpha value is -2.89. The third-order valence-corrected chi connectivity index (χ3v) is 11.7. The zero-order valence-corrected chi connectivity index (χ0v) is 26.2. The van der Waals surface area contributed by atoms with Crippen molar-refractivity contribution in [2.45, 2.75) is 97.2 Å². The van der Waals surface area contributed by atoms with Crippen LogP contribution in [0.2, 0.25) is 0 Å². The first-order valence-corrected chi connectivity index (χ1v) is 16.1. The third kappa shape index (κ3) is 3.78. The molecule has 0 spiro atoms. The number of carbonyl (C=O) groups is 1. The molecule has 42 heavy (non-hydrogen) atoms. The van der Waals surface area contributed by atoms with Crippen molar-refractivity contribution >= 4 is 11.6 Å². The van der Waals surface area contributed by atoms with E-state index in [0.29, 0.717) is 24.3 Å². The van der Waals surface area contributed by atoms with Crippen molar-refractivity contribution in [3.05, 3.63) is 76.4 Å². The number of hydrogen-bond donors (Lipinski definition) is 1. The zero-order valence-electron chi connectivity index (χ0n) is 26.2. The quantitative estimate of drug-likeness (QED) is 0.412. The number of aryl methyl sites for hydroxylation is 1. The highest BCUT2D eigenvalue weighted by molar-refractivity contribution is 6.06. The number of hydrogen-bond acceptors (Lipinski definition) is 4. The van der Waals surface area contributed by atoms with E-state index in [-0.39, 0.29) is 36.1 Å². The molecule has 2 bridgehead atoms. The van der Waals surface area contributed by atoms with Crippen LogP contribution in [0.15, 0.2) is 48.6 Å². The minimum Gasteiger partial charge on any atom is -0.378 e. The Morgan fingerprint density at radius 1 is 1.12 bits per heavy atom. The average Bonchev–Trinajstić information content (AvgIpc) is 3.52. The molecular formula is C37H46N2O3. The Morgan fingerprint density at radius 2 is 1.88 bits per heavy atom. The Bertz CT molecular complexity index is 1490. The topological polar surface area (TPSA) is 50.8 Å². The standard InChI is InChI=1S/C37H46N2O3/c1-8-23-17-27-31(24-14-10-9-13-21(24)4)28-19-38-36(40)33(28)32-25-15-11-12-16-29(25)39(34(27)32)30-18-26(22(5)20(2)3)35(41-7)37(23,6)42-30/h9-16,20,22-23,25-26,29-30,35H,8,17-19H2,1-7H3,(H,38,40). The van der Waals surface area contributed by atoms with E-state index in [0.717, 1.165) is 24.8 Å². The predicted molar refractivity (Wildman–Crippen MR) is 169 cm³/mol. The van der Waals surface area contributed by atoms with Crippen LogP contribution in [0.1, 0.15) is 86.0 Å². The number of anilines is 1. The minimum absolute atomic E-state index is 0.0110. The van der Waals surface area contributed by atoms with E-state index in [9.17, 15) is 4.79 Å².